The lowest BCUT2D eigenvalue weighted by atomic mass is 10.1. The second kappa shape index (κ2) is 8.12. The summed E-state index contributed by atoms with van der Waals surface area (Å²) in [5.74, 6) is 0.700. The first kappa shape index (κ1) is 17.5. The monoisotopic (exact) mass is 439 g/mol. The van der Waals surface area contributed by atoms with E-state index >= 15 is 0 Å². The fraction of sp³-hybridized carbons (Fsp3) is 0.125. The minimum Gasteiger partial charge on any atom is -0.487 e. The van der Waals surface area contributed by atoms with Gasteiger partial charge >= 0.3 is 6.03 Å². The molecule has 2 aromatic carbocycles. The number of rotatable bonds is 5. The third-order valence-corrected chi connectivity index (χ3v) is 4.05. The first-order chi connectivity index (χ1) is 11.0. The summed E-state index contributed by atoms with van der Waals surface area (Å²) in [4.78, 5) is 10.6. The Morgan fingerprint density at radius 3 is 2.61 bits per heavy atom. The number of carbonyl (C=O) groups excluding carboxylic acids is 1. The minimum absolute atomic E-state index is 0.468. The van der Waals surface area contributed by atoms with Crippen molar-refractivity contribution in [2.24, 2.45) is 10.8 Å². The average Bonchev–Trinajstić information content (AvgIpc) is 2.46. The number of halogens is 2. The van der Waals surface area contributed by atoms with E-state index < -0.39 is 6.03 Å². The standard InChI is InChI=1S/C16H15Br2N3O2/c1-10-3-2-4-11(5-10)9-23-15-13(17)6-12(7-14(15)18)8-20-21-16(19)22/h2-8H,9H2,1H3,(H3,19,21,22)/b20-8-. The summed E-state index contributed by atoms with van der Waals surface area (Å²) in [7, 11) is 0. The van der Waals surface area contributed by atoms with Crippen molar-refractivity contribution in [3.8, 4) is 5.75 Å². The molecule has 0 saturated carbocycles. The van der Waals surface area contributed by atoms with Gasteiger partial charge in [-0.2, -0.15) is 5.10 Å². The molecule has 0 fully saturated rings. The van der Waals surface area contributed by atoms with Crippen LogP contribution in [0.3, 0.4) is 0 Å². The average molecular weight is 441 g/mol. The molecule has 0 atom stereocenters. The third kappa shape index (κ3) is 5.37. The Morgan fingerprint density at radius 2 is 2.00 bits per heavy atom. The van der Waals surface area contributed by atoms with Gasteiger partial charge in [-0.05, 0) is 62.0 Å². The van der Waals surface area contributed by atoms with Crippen LogP contribution in [0.25, 0.3) is 0 Å². The van der Waals surface area contributed by atoms with Crippen LogP contribution in [0.15, 0.2) is 50.4 Å². The van der Waals surface area contributed by atoms with E-state index in [0.29, 0.717) is 12.4 Å². The molecule has 0 bridgehead atoms. The summed E-state index contributed by atoms with van der Waals surface area (Å²) >= 11 is 6.96. The van der Waals surface area contributed by atoms with E-state index in [2.05, 4.69) is 48.5 Å². The predicted octanol–water partition coefficient (Wildman–Crippen LogP) is 4.10. The fourth-order valence-electron chi connectivity index (χ4n) is 1.92. The number of carbonyl (C=O) groups is 1. The number of benzene rings is 2. The first-order valence-electron chi connectivity index (χ1n) is 6.71. The quantitative estimate of drug-likeness (QED) is 0.542. The SMILES string of the molecule is Cc1cccc(COc2c(Br)cc(/C=N\NC(N)=O)cc2Br)c1. The first-order valence-corrected chi connectivity index (χ1v) is 8.30. The van der Waals surface area contributed by atoms with Crippen LogP contribution in [0.2, 0.25) is 0 Å². The maximum Gasteiger partial charge on any atom is 0.332 e. The molecule has 0 heterocycles. The van der Waals surface area contributed by atoms with Crippen molar-refractivity contribution in [2.45, 2.75) is 13.5 Å². The predicted molar refractivity (Wildman–Crippen MR) is 97.7 cm³/mol. The van der Waals surface area contributed by atoms with Crippen molar-refractivity contribution in [3.63, 3.8) is 0 Å². The van der Waals surface area contributed by atoms with E-state index in [1.807, 2.05) is 37.3 Å². The van der Waals surface area contributed by atoms with Gasteiger partial charge in [-0.15, -0.1) is 0 Å². The number of nitrogens with two attached hydrogens (primary N) is 1. The molecule has 0 radical (unpaired) electrons. The Bertz CT molecular complexity index is 725. The van der Waals surface area contributed by atoms with Crippen LogP contribution < -0.4 is 15.9 Å². The van der Waals surface area contributed by atoms with Crippen LogP contribution in [0, 0.1) is 6.92 Å². The molecule has 0 aliphatic heterocycles. The van der Waals surface area contributed by atoms with Gasteiger partial charge in [-0.25, -0.2) is 10.2 Å². The number of nitrogens with one attached hydrogen (secondary N) is 1. The number of hydrogen-bond acceptors (Lipinski definition) is 3. The third-order valence-electron chi connectivity index (χ3n) is 2.87. The lowest BCUT2D eigenvalue weighted by molar-refractivity contribution is 0.249. The highest BCUT2D eigenvalue weighted by molar-refractivity contribution is 9.11. The number of aryl methyl sites for hydroxylation is 1. The number of hydrazone groups is 1. The number of nitrogens with zero attached hydrogens (tertiary/aromatic N) is 1. The van der Waals surface area contributed by atoms with Crippen LogP contribution in [-0.2, 0) is 6.61 Å². The van der Waals surface area contributed by atoms with Crippen LogP contribution in [0.4, 0.5) is 4.79 Å². The second-order valence-corrected chi connectivity index (χ2v) is 6.53. The number of primary amides is 1. The molecule has 0 aliphatic rings. The summed E-state index contributed by atoms with van der Waals surface area (Å²) < 4.78 is 7.43. The number of ether oxygens (including phenoxy) is 1. The lowest BCUT2D eigenvalue weighted by Crippen LogP contribution is -2.24. The van der Waals surface area contributed by atoms with E-state index in [1.165, 1.54) is 11.8 Å². The van der Waals surface area contributed by atoms with Crippen molar-refractivity contribution in [1.29, 1.82) is 0 Å². The summed E-state index contributed by atoms with van der Waals surface area (Å²) in [6.07, 6.45) is 1.49. The van der Waals surface area contributed by atoms with Gasteiger partial charge in [0.25, 0.3) is 0 Å². The van der Waals surface area contributed by atoms with Gasteiger partial charge in [0.1, 0.15) is 12.4 Å². The fourth-order valence-corrected chi connectivity index (χ4v) is 3.37. The molecular weight excluding hydrogens is 426 g/mol. The molecule has 2 aromatic rings. The summed E-state index contributed by atoms with van der Waals surface area (Å²) in [6, 6.07) is 11.1. The second-order valence-electron chi connectivity index (χ2n) is 4.83. The molecule has 0 saturated heterocycles. The normalized spacial score (nSPS) is 10.7. The van der Waals surface area contributed by atoms with Gasteiger partial charge < -0.3 is 10.5 Å². The van der Waals surface area contributed by atoms with Gasteiger partial charge in [0, 0.05) is 0 Å². The van der Waals surface area contributed by atoms with E-state index in [4.69, 9.17) is 10.5 Å². The maximum absolute atomic E-state index is 10.6. The zero-order valence-corrected chi connectivity index (χ0v) is 15.5. The van der Waals surface area contributed by atoms with E-state index in [0.717, 1.165) is 20.1 Å². The highest BCUT2D eigenvalue weighted by atomic mass is 79.9. The van der Waals surface area contributed by atoms with Crippen LogP contribution >= 0.6 is 31.9 Å². The zero-order valence-electron chi connectivity index (χ0n) is 12.3. The van der Waals surface area contributed by atoms with E-state index in [-0.39, 0.29) is 0 Å². The molecule has 0 aliphatic carbocycles. The maximum atomic E-state index is 10.6. The van der Waals surface area contributed by atoms with Gasteiger partial charge in [0.2, 0.25) is 0 Å². The summed E-state index contributed by atoms with van der Waals surface area (Å²) in [5, 5.41) is 3.72. The molecule has 2 amide bonds. The molecular formula is C16H15Br2N3O2. The smallest absolute Gasteiger partial charge is 0.332 e. The van der Waals surface area contributed by atoms with Crippen molar-refractivity contribution in [2.75, 3.05) is 0 Å². The molecule has 23 heavy (non-hydrogen) atoms. The Balaban J connectivity index is 2.11. The van der Waals surface area contributed by atoms with E-state index in [9.17, 15) is 4.79 Å². The Kier molecular flexibility index (Phi) is 6.18. The Labute approximate surface area is 151 Å². The van der Waals surface area contributed by atoms with Gasteiger partial charge in [-0.3, -0.25) is 0 Å². The lowest BCUT2D eigenvalue weighted by Gasteiger charge is -2.11. The molecule has 120 valence electrons. The largest absolute Gasteiger partial charge is 0.487 e. The van der Waals surface area contributed by atoms with Crippen molar-refractivity contribution in [3.05, 3.63) is 62.0 Å². The minimum atomic E-state index is -0.711. The van der Waals surface area contributed by atoms with Crippen molar-refractivity contribution in [1.82, 2.24) is 5.43 Å². The molecule has 0 aromatic heterocycles. The number of hydrogen-bond donors (Lipinski definition) is 2. The Morgan fingerprint density at radius 1 is 1.30 bits per heavy atom. The van der Waals surface area contributed by atoms with Gasteiger partial charge in [0.05, 0.1) is 15.2 Å². The summed E-state index contributed by atoms with van der Waals surface area (Å²) in [6.45, 7) is 2.51. The van der Waals surface area contributed by atoms with Gasteiger partial charge in [-0.1, -0.05) is 29.8 Å². The van der Waals surface area contributed by atoms with Crippen molar-refractivity contribution >= 4 is 44.1 Å². The van der Waals surface area contributed by atoms with Crippen LogP contribution in [0.5, 0.6) is 5.75 Å². The highest BCUT2D eigenvalue weighted by Gasteiger charge is 2.09. The molecule has 0 spiro atoms. The van der Waals surface area contributed by atoms with Crippen LogP contribution in [-0.4, -0.2) is 12.2 Å². The molecule has 2 rings (SSSR count). The highest BCUT2D eigenvalue weighted by Crippen LogP contribution is 2.35. The molecule has 7 heteroatoms. The topological polar surface area (TPSA) is 76.7 Å². The Hall–Kier alpha value is -1.86. The zero-order chi connectivity index (χ0) is 16.8. The summed E-state index contributed by atoms with van der Waals surface area (Å²) in [5.41, 5.74) is 10.2. The van der Waals surface area contributed by atoms with Crippen LogP contribution in [0.1, 0.15) is 16.7 Å². The molecule has 5 nitrogen and oxygen atoms in total. The van der Waals surface area contributed by atoms with Gasteiger partial charge in [0.15, 0.2) is 0 Å². The molecule has 3 N–H and O–H groups in total. The number of amides is 2. The van der Waals surface area contributed by atoms with Crippen molar-refractivity contribution < 1.29 is 9.53 Å². The van der Waals surface area contributed by atoms with E-state index in [1.54, 1.807) is 0 Å². The number of urea groups is 1. The molecule has 0 unspecified atom stereocenters.